The van der Waals surface area contributed by atoms with Crippen molar-refractivity contribution in [2.75, 3.05) is 0 Å². The quantitative estimate of drug-likeness (QED) is 0.741. The van der Waals surface area contributed by atoms with Crippen LogP contribution in [0.25, 0.3) is 0 Å². The number of benzene rings is 1. The third-order valence-electron chi connectivity index (χ3n) is 5.70. The summed E-state index contributed by atoms with van der Waals surface area (Å²) in [7, 11) is 0. The van der Waals surface area contributed by atoms with Gasteiger partial charge in [-0.15, -0.1) is 0 Å². The van der Waals surface area contributed by atoms with Gasteiger partial charge in [-0.3, -0.25) is 9.59 Å². The van der Waals surface area contributed by atoms with Crippen LogP contribution in [0.5, 0.6) is 5.75 Å². The van der Waals surface area contributed by atoms with Crippen molar-refractivity contribution in [2.24, 2.45) is 0 Å². The number of ether oxygens (including phenoxy) is 1. The van der Waals surface area contributed by atoms with E-state index in [1.165, 1.54) is 6.07 Å². The molecule has 1 saturated heterocycles. The van der Waals surface area contributed by atoms with E-state index in [9.17, 15) is 14.0 Å². The number of hydrogen-bond donors (Lipinski definition) is 2. The first-order valence-corrected chi connectivity index (χ1v) is 10.4. The predicted molar refractivity (Wildman–Crippen MR) is 109 cm³/mol. The molecule has 1 aliphatic heterocycles. The highest BCUT2D eigenvalue weighted by Crippen LogP contribution is 2.40. The minimum atomic E-state index is -0.400. The van der Waals surface area contributed by atoms with E-state index in [0.717, 1.165) is 36.0 Å². The number of aromatic amines is 1. The number of pyridine rings is 1. The van der Waals surface area contributed by atoms with Gasteiger partial charge < -0.3 is 15.0 Å². The normalized spacial score (nSPS) is 20.0. The monoisotopic (exact) mass is 398 g/mol. The minimum absolute atomic E-state index is 0.0402. The van der Waals surface area contributed by atoms with E-state index in [4.69, 9.17) is 4.74 Å². The maximum absolute atomic E-state index is 14.7. The van der Waals surface area contributed by atoms with Crippen molar-refractivity contribution >= 4 is 5.91 Å². The van der Waals surface area contributed by atoms with E-state index in [0.29, 0.717) is 18.8 Å². The summed E-state index contributed by atoms with van der Waals surface area (Å²) >= 11 is 0. The maximum Gasteiger partial charge on any atom is 0.251 e. The van der Waals surface area contributed by atoms with Crippen LogP contribution in [0.15, 0.2) is 35.3 Å². The fourth-order valence-electron chi connectivity index (χ4n) is 4.10. The zero-order valence-electron chi connectivity index (χ0n) is 16.8. The van der Waals surface area contributed by atoms with E-state index in [1.54, 1.807) is 12.3 Å². The second-order valence-corrected chi connectivity index (χ2v) is 8.44. The molecule has 5 nitrogen and oxygen atoms in total. The van der Waals surface area contributed by atoms with E-state index < -0.39 is 5.82 Å². The van der Waals surface area contributed by atoms with Gasteiger partial charge in [0.25, 0.3) is 5.56 Å². The zero-order chi connectivity index (χ0) is 20.5. The summed E-state index contributed by atoms with van der Waals surface area (Å²) in [5.41, 5.74) is 2.53. The molecule has 1 aromatic heterocycles. The molecule has 0 bridgehead atoms. The Bertz CT molecular complexity index is 965. The molecule has 2 fully saturated rings. The van der Waals surface area contributed by atoms with Gasteiger partial charge >= 0.3 is 0 Å². The summed E-state index contributed by atoms with van der Waals surface area (Å²) in [6, 6.07) is 7.07. The molecule has 154 valence electrons. The summed E-state index contributed by atoms with van der Waals surface area (Å²) in [6.07, 6.45) is 5.63. The van der Waals surface area contributed by atoms with Crippen molar-refractivity contribution in [1.29, 1.82) is 0 Å². The molecular weight excluding hydrogens is 371 g/mol. The topological polar surface area (TPSA) is 71.2 Å². The van der Waals surface area contributed by atoms with Crippen LogP contribution in [0.3, 0.4) is 0 Å². The van der Waals surface area contributed by atoms with E-state index in [1.807, 2.05) is 26.0 Å². The van der Waals surface area contributed by atoms with Crippen LogP contribution >= 0.6 is 0 Å². The lowest BCUT2D eigenvalue weighted by molar-refractivity contribution is -0.119. The predicted octanol–water partition coefficient (Wildman–Crippen LogP) is 3.98. The lowest BCUT2D eigenvalue weighted by atomic mass is 9.85. The average Bonchev–Trinajstić information content (AvgIpc) is 3.43. The van der Waals surface area contributed by atoms with E-state index >= 15 is 0 Å². The van der Waals surface area contributed by atoms with Crippen molar-refractivity contribution < 1.29 is 13.9 Å². The summed E-state index contributed by atoms with van der Waals surface area (Å²) in [6.45, 7) is 3.72. The molecule has 4 rings (SSSR count). The van der Waals surface area contributed by atoms with Crippen molar-refractivity contribution in [3.05, 3.63) is 63.3 Å². The number of aromatic nitrogens is 1. The SMILES string of the molecule is CC(C)Oc1ccc(C(CC2CCC(=O)N2)c2c[nH]c(=O)c(C3CC3)c2)cc1F. The molecule has 1 saturated carbocycles. The number of amides is 1. The molecule has 2 N–H and O–H groups in total. The zero-order valence-corrected chi connectivity index (χ0v) is 16.8. The lowest BCUT2D eigenvalue weighted by Gasteiger charge is -2.23. The van der Waals surface area contributed by atoms with Crippen LogP contribution in [0, 0.1) is 5.82 Å². The minimum Gasteiger partial charge on any atom is -0.488 e. The Morgan fingerprint density at radius 1 is 1.14 bits per heavy atom. The molecule has 2 aliphatic rings. The lowest BCUT2D eigenvalue weighted by Crippen LogP contribution is -2.27. The number of hydrogen-bond acceptors (Lipinski definition) is 3. The second kappa shape index (κ2) is 8.01. The van der Waals surface area contributed by atoms with Crippen molar-refractivity contribution in [1.82, 2.24) is 10.3 Å². The Balaban J connectivity index is 1.69. The average molecular weight is 398 g/mol. The molecule has 2 heterocycles. The fourth-order valence-corrected chi connectivity index (χ4v) is 4.10. The summed E-state index contributed by atoms with van der Waals surface area (Å²) in [5, 5.41) is 3.01. The molecule has 29 heavy (non-hydrogen) atoms. The van der Waals surface area contributed by atoms with Crippen LogP contribution in [-0.2, 0) is 4.79 Å². The van der Waals surface area contributed by atoms with Crippen LogP contribution in [-0.4, -0.2) is 23.0 Å². The second-order valence-electron chi connectivity index (χ2n) is 8.44. The number of halogens is 1. The smallest absolute Gasteiger partial charge is 0.251 e. The Hall–Kier alpha value is -2.63. The molecular formula is C23H27FN2O3. The molecule has 1 aromatic carbocycles. The van der Waals surface area contributed by atoms with Crippen molar-refractivity contribution in [3.63, 3.8) is 0 Å². The first-order chi connectivity index (χ1) is 13.9. The maximum atomic E-state index is 14.7. The Labute approximate surface area is 169 Å². The van der Waals surface area contributed by atoms with Gasteiger partial charge in [0.05, 0.1) is 6.10 Å². The molecule has 0 radical (unpaired) electrons. The summed E-state index contributed by atoms with van der Waals surface area (Å²) in [4.78, 5) is 26.7. The van der Waals surface area contributed by atoms with E-state index in [2.05, 4.69) is 10.3 Å². The van der Waals surface area contributed by atoms with Crippen LogP contribution in [0.1, 0.15) is 74.5 Å². The van der Waals surface area contributed by atoms with Gasteiger partial charge in [0.2, 0.25) is 5.91 Å². The highest BCUT2D eigenvalue weighted by Gasteiger charge is 2.30. The van der Waals surface area contributed by atoms with Crippen molar-refractivity contribution in [3.8, 4) is 5.75 Å². The van der Waals surface area contributed by atoms with Gasteiger partial charge in [-0.2, -0.15) is 0 Å². The number of carbonyl (C=O) groups is 1. The molecule has 2 unspecified atom stereocenters. The van der Waals surface area contributed by atoms with Crippen molar-refractivity contribution in [2.45, 2.75) is 69.9 Å². The third kappa shape index (κ3) is 4.52. The fraction of sp³-hybridized carbons (Fsp3) is 0.478. The number of rotatable bonds is 7. The first-order valence-electron chi connectivity index (χ1n) is 10.4. The standard InChI is InChI=1S/C23H27FN2O3/c1-13(2)29-21-7-5-15(10-20(21)24)18(11-17-6-8-22(27)26-17)16-9-19(14-3-4-14)23(28)25-12-16/h5,7,9-10,12-14,17-18H,3-4,6,8,11H2,1-2H3,(H,25,28)(H,26,27). The molecule has 2 aromatic rings. The van der Waals surface area contributed by atoms with Crippen LogP contribution < -0.4 is 15.6 Å². The van der Waals surface area contributed by atoms with Gasteiger partial charge in [-0.05, 0) is 74.8 Å². The van der Waals surface area contributed by atoms with E-state index in [-0.39, 0.29) is 35.3 Å². The molecule has 2 atom stereocenters. The molecule has 6 heteroatoms. The largest absolute Gasteiger partial charge is 0.488 e. The number of H-pyrrole nitrogens is 1. The van der Waals surface area contributed by atoms with Gasteiger partial charge in [0, 0.05) is 30.1 Å². The highest BCUT2D eigenvalue weighted by molar-refractivity contribution is 5.78. The molecule has 1 amide bonds. The molecule has 1 aliphatic carbocycles. The summed E-state index contributed by atoms with van der Waals surface area (Å²) < 4.78 is 20.2. The first kappa shape index (κ1) is 19.7. The Morgan fingerprint density at radius 3 is 2.55 bits per heavy atom. The van der Waals surface area contributed by atoms with Gasteiger partial charge in [-0.25, -0.2) is 4.39 Å². The number of nitrogens with one attached hydrogen (secondary N) is 2. The highest BCUT2D eigenvalue weighted by atomic mass is 19.1. The Morgan fingerprint density at radius 2 is 1.93 bits per heavy atom. The number of carbonyl (C=O) groups excluding carboxylic acids is 1. The molecule has 0 spiro atoms. The van der Waals surface area contributed by atoms with Crippen LogP contribution in [0.4, 0.5) is 4.39 Å². The van der Waals surface area contributed by atoms with Crippen LogP contribution in [0.2, 0.25) is 0 Å². The summed E-state index contributed by atoms with van der Waals surface area (Å²) in [5.74, 6) is 0.0838. The Kier molecular flexibility index (Phi) is 5.43. The van der Waals surface area contributed by atoms with Gasteiger partial charge in [0.1, 0.15) is 0 Å². The van der Waals surface area contributed by atoms with Gasteiger partial charge in [0.15, 0.2) is 11.6 Å². The van der Waals surface area contributed by atoms with Gasteiger partial charge in [-0.1, -0.05) is 6.07 Å². The third-order valence-corrected chi connectivity index (χ3v) is 5.70.